The minimum atomic E-state index is -1.11. The van der Waals surface area contributed by atoms with E-state index in [1.165, 1.54) is 0 Å². The minimum Gasteiger partial charge on any atom is -0.480 e. The van der Waals surface area contributed by atoms with Gasteiger partial charge in [0.2, 0.25) is 0 Å². The standard InChI is InChI=1S/C10H10BrNO2.ClH/c11-8-2-1-6-4-10(12,9(13)14)5-7(6)3-8;/h1-3H,4-5,12H2,(H,13,14);1H. The summed E-state index contributed by atoms with van der Waals surface area (Å²) in [4.78, 5) is 10.9. The average molecular weight is 293 g/mol. The number of carbonyl (C=O) groups is 1. The Bertz CT molecular complexity index is 410. The zero-order valence-corrected chi connectivity index (χ0v) is 10.3. The van der Waals surface area contributed by atoms with Crippen LogP contribution in [0.3, 0.4) is 0 Å². The van der Waals surface area contributed by atoms with Crippen molar-refractivity contribution in [2.45, 2.75) is 18.4 Å². The quantitative estimate of drug-likeness (QED) is 0.829. The van der Waals surface area contributed by atoms with Gasteiger partial charge in [0.05, 0.1) is 0 Å². The fraction of sp³-hybridized carbons (Fsp3) is 0.300. The van der Waals surface area contributed by atoms with Crippen molar-refractivity contribution >= 4 is 34.3 Å². The van der Waals surface area contributed by atoms with Gasteiger partial charge in [-0.05, 0) is 23.3 Å². The van der Waals surface area contributed by atoms with Crippen molar-refractivity contribution in [1.29, 1.82) is 0 Å². The van der Waals surface area contributed by atoms with Gasteiger partial charge in [0.1, 0.15) is 5.54 Å². The third-order valence-corrected chi connectivity index (χ3v) is 3.10. The molecule has 0 bridgehead atoms. The van der Waals surface area contributed by atoms with E-state index in [-0.39, 0.29) is 12.4 Å². The van der Waals surface area contributed by atoms with Gasteiger partial charge in [0.15, 0.2) is 0 Å². The van der Waals surface area contributed by atoms with E-state index in [0.29, 0.717) is 12.8 Å². The molecule has 3 nitrogen and oxygen atoms in total. The van der Waals surface area contributed by atoms with Crippen LogP contribution < -0.4 is 5.73 Å². The van der Waals surface area contributed by atoms with Crippen LogP contribution in [0.2, 0.25) is 0 Å². The van der Waals surface area contributed by atoms with Gasteiger partial charge in [-0.1, -0.05) is 22.0 Å². The highest BCUT2D eigenvalue weighted by Crippen LogP contribution is 2.30. The molecule has 2 rings (SSSR count). The van der Waals surface area contributed by atoms with Crippen molar-refractivity contribution in [2.75, 3.05) is 0 Å². The molecule has 0 radical (unpaired) electrons. The first-order valence-corrected chi connectivity index (χ1v) is 5.10. The van der Waals surface area contributed by atoms with Crippen LogP contribution in [-0.4, -0.2) is 16.6 Å². The van der Waals surface area contributed by atoms with Gasteiger partial charge in [-0.15, -0.1) is 12.4 Å². The van der Waals surface area contributed by atoms with Crippen LogP contribution >= 0.6 is 28.3 Å². The van der Waals surface area contributed by atoms with Crippen LogP contribution in [0, 0.1) is 0 Å². The van der Waals surface area contributed by atoms with Gasteiger partial charge in [0, 0.05) is 17.3 Å². The molecule has 1 aromatic carbocycles. The normalized spacial score (nSPS) is 23.1. The van der Waals surface area contributed by atoms with Gasteiger partial charge in [-0.3, -0.25) is 4.79 Å². The molecular weight excluding hydrogens is 281 g/mol. The number of aliphatic carboxylic acids is 1. The molecule has 3 N–H and O–H groups in total. The lowest BCUT2D eigenvalue weighted by Gasteiger charge is -2.16. The van der Waals surface area contributed by atoms with Crippen LogP contribution in [0.5, 0.6) is 0 Å². The van der Waals surface area contributed by atoms with Crippen LogP contribution in [-0.2, 0) is 17.6 Å². The lowest BCUT2D eigenvalue weighted by molar-refractivity contribution is -0.142. The molecule has 1 unspecified atom stereocenters. The minimum absolute atomic E-state index is 0. The molecule has 0 aliphatic heterocycles. The molecule has 0 spiro atoms. The van der Waals surface area contributed by atoms with E-state index in [9.17, 15) is 4.79 Å². The molecule has 82 valence electrons. The van der Waals surface area contributed by atoms with Gasteiger partial charge in [0.25, 0.3) is 0 Å². The fourth-order valence-corrected chi connectivity index (χ4v) is 2.23. The Labute approximate surface area is 102 Å². The van der Waals surface area contributed by atoms with Crippen LogP contribution in [0.4, 0.5) is 0 Å². The number of halogens is 2. The Morgan fingerprint density at radius 1 is 1.40 bits per heavy atom. The number of hydrogen-bond acceptors (Lipinski definition) is 2. The predicted molar refractivity (Wildman–Crippen MR) is 63.4 cm³/mol. The maximum Gasteiger partial charge on any atom is 0.324 e. The van der Waals surface area contributed by atoms with E-state index in [1.54, 1.807) is 0 Å². The molecular formula is C10H11BrClNO2. The zero-order valence-electron chi connectivity index (χ0n) is 7.87. The summed E-state index contributed by atoms with van der Waals surface area (Å²) in [5, 5.41) is 8.98. The van der Waals surface area contributed by atoms with E-state index < -0.39 is 11.5 Å². The summed E-state index contributed by atoms with van der Waals surface area (Å²) in [6.07, 6.45) is 0.835. The number of benzene rings is 1. The van der Waals surface area contributed by atoms with Gasteiger partial charge < -0.3 is 10.8 Å². The third kappa shape index (κ3) is 2.17. The van der Waals surface area contributed by atoms with Crippen molar-refractivity contribution in [3.63, 3.8) is 0 Å². The van der Waals surface area contributed by atoms with Crippen molar-refractivity contribution in [3.05, 3.63) is 33.8 Å². The third-order valence-electron chi connectivity index (χ3n) is 2.61. The number of hydrogen-bond donors (Lipinski definition) is 2. The number of rotatable bonds is 1. The summed E-state index contributed by atoms with van der Waals surface area (Å²) < 4.78 is 0.964. The Balaban J connectivity index is 0.00000112. The van der Waals surface area contributed by atoms with E-state index in [2.05, 4.69) is 15.9 Å². The predicted octanol–water partition coefficient (Wildman–Crippen LogP) is 1.75. The zero-order chi connectivity index (χ0) is 10.3. The van der Waals surface area contributed by atoms with Crippen LogP contribution in [0.15, 0.2) is 22.7 Å². The molecule has 0 aromatic heterocycles. The van der Waals surface area contributed by atoms with Crippen molar-refractivity contribution in [2.24, 2.45) is 5.73 Å². The number of fused-ring (bicyclic) bond motifs is 1. The molecule has 5 heteroatoms. The maximum absolute atomic E-state index is 10.9. The van der Waals surface area contributed by atoms with E-state index in [1.807, 2.05) is 18.2 Å². The summed E-state index contributed by atoms with van der Waals surface area (Å²) in [6.45, 7) is 0. The number of nitrogens with two attached hydrogens (primary N) is 1. The first kappa shape index (κ1) is 12.5. The fourth-order valence-electron chi connectivity index (χ4n) is 1.82. The first-order chi connectivity index (χ1) is 6.51. The maximum atomic E-state index is 10.9. The lowest BCUT2D eigenvalue weighted by atomic mass is 9.98. The number of carboxylic acid groups (broad SMARTS) is 1. The van der Waals surface area contributed by atoms with Crippen molar-refractivity contribution in [3.8, 4) is 0 Å². The SMILES string of the molecule is Cl.NC1(C(=O)O)Cc2ccc(Br)cc2C1. The smallest absolute Gasteiger partial charge is 0.324 e. The first-order valence-electron chi connectivity index (χ1n) is 4.31. The summed E-state index contributed by atoms with van der Waals surface area (Å²) in [7, 11) is 0. The average Bonchev–Trinajstić information content (AvgIpc) is 2.42. The Kier molecular flexibility index (Phi) is 3.43. The Morgan fingerprint density at radius 3 is 2.60 bits per heavy atom. The molecule has 1 aromatic rings. The highest BCUT2D eigenvalue weighted by molar-refractivity contribution is 9.10. The summed E-state index contributed by atoms with van der Waals surface area (Å²) >= 11 is 3.35. The molecule has 0 heterocycles. The summed E-state index contributed by atoms with van der Waals surface area (Å²) in [6, 6.07) is 5.77. The molecule has 0 amide bonds. The van der Waals surface area contributed by atoms with Crippen molar-refractivity contribution < 1.29 is 9.90 Å². The van der Waals surface area contributed by atoms with Crippen LogP contribution in [0.1, 0.15) is 11.1 Å². The van der Waals surface area contributed by atoms with Gasteiger partial charge in [-0.25, -0.2) is 0 Å². The van der Waals surface area contributed by atoms with E-state index >= 15 is 0 Å². The topological polar surface area (TPSA) is 63.3 Å². The molecule has 0 fully saturated rings. The lowest BCUT2D eigenvalue weighted by Crippen LogP contribution is -2.48. The highest BCUT2D eigenvalue weighted by Gasteiger charge is 2.40. The molecule has 0 saturated carbocycles. The second kappa shape index (κ2) is 4.12. The van der Waals surface area contributed by atoms with Gasteiger partial charge >= 0.3 is 5.97 Å². The molecule has 15 heavy (non-hydrogen) atoms. The molecule has 0 saturated heterocycles. The summed E-state index contributed by atoms with van der Waals surface area (Å²) in [5.74, 6) is -0.926. The molecule has 1 aliphatic carbocycles. The monoisotopic (exact) mass is 291 g/mol. The molecule has 1 aliphatic rings. The van der Waals surface area contributed by atoms with E-state index in [4.69, 9.17) is 10.8 Å². The van der Waals surface area contributed by atoms with E-state index in [0.717, 1.165) is 15.6 Å². The second-order valence-corrected chi connectivity index (χ2v) is 4.64. The highest BCUT2D eigenvalue weighted by atomic mass is 79.9. The molecule has 1 atom stereocenters. The van der Waals surface area contributed by atoms with Crippen molar-refractivity contribution in [1.82, 2.24) is 0 Å². The van der Waals surface area contributed by atoms with Gasteiger partial charge in [-0.2, -0.15) is 0 Å². The van der Waals surface area contributed by atoms with Crippen LogP contribution in [0.25, 0.3) is 0 Å². The second-order valence-electron chi connectivity index (χ2n) is 3.73. The Morgan fingerprint density at radius 2 is 2.00 bits per heavy atom. The number of carboxylic acids is 1. The largest absolute Gasteiger partial charge is 0.480 e. The Hall–Kier alpha value is -0.580. The summed E-state index contributed by atoms with van der Waals surface area (Å²) in [5.41, 5.74) is 6.75.